The van der Waals surface area contributed by atoms with Gasteiger partial charge in [0.2, 0.25) is 0 Å². The molecule has 1 N–H and O–H groups in total. The normalized spacial score (nSPS) is 11.1. The minimum atomic E-state index is -3.88. The zero-order valence-corrected chi connectivity index (χ0v) is 14.9. The Morgan fingerprint density at radius 2 is 1.52 bits per heavy atom. The van der Waals surface area contributed by atoms with E-state index in [1.165, 1.54) is 12.1 Å². The largest absolute Gasteiger partial charge is 0.457 e. The standard InChI is InChI=1S/C16H11Cl2N3O3S/c17-15-6-5-14(16(18)20-15)25(22,23)21-11-1-3-12(4-2-11)24-13-7-9-19-10-8-13/h1-10,21H. The van der Waals surface area contributed by atoms with E-state index < -0.39 is 10.0 Å². The minimum Gasteiger partial charge on any atom is -0.457 e. The summed E-state index contributed by atoms with van der Waals surface area (Å²) in [5.41, 5.74) is 0.355. The molecule has 0 bridgehead atoms. The van der Waals surface area contributed by atoms with Crippen molar-refractivity contribution in [2.45, 2.75) is 4.90 Å². The van der Waals surface area contributed by atoms with Gasteiger partial charge >= 0.3 is 0 Å². The van der Waals surface area contributed by atoms with Crippen LogP contribution in [0.4, 0.5) is 5.69 Å². The Morgan fingerprint density at radius 1 is 0.880 bits per heavy atom. The predicted octanol–water partition coefficient (Wildman–Crippen LogP) is 4.38. The van der Waals surface area contributed by atoms with E-state index in [-0.39, 0.29) is 15.2 Å². The molecule has 0 amide bonds. The maximum Gasteiger partial charge on any atom is 0.264 e. The van der Waals surface area contributed by atoms with Gasteiger partial charge in [-0.15, -0.1) is 0 Å². The summed E-state index contributed by atoms with van der Waals surface area (Å²) in [5, 5.41) is -0.0841. The summed E-state index contributed by atoms with van der Waals surface area (Å²) >= 11 is 11.5. The van der Waals surface area contributed by atoms with Crippen LogP contribution in [0.15, 0.2) is 65.8 Å². The summed E-state index contributed by atoms with van der Waals surface area (Å²) < 4.78 is 32.8. The van der Waals surface area contributed by atoms with Crippen LogP contribution in [0.3, 0.4) is 0 Å². The van der Waals surface area contributed by atoms with Crippen molar-refractivity contribution in [3.8, 4) is 11.5 Å². The van der Waals surface area contributed by atoms with Crippen molar-refractivity contribution in [1.82, 2.24) is 9.97 Å². The average Bonchev–Trinajstić information content (AvgIpc) is 2.57. The number of aromatic nitrogens is 2. The summed E-state index contributed by atoms with van der Waals surface area (Å²) in [5.74, 6) is 1.18. The van der Waals surface area contributed by atoms with Gasteiger partial charge in [-0.2, -0.15) is 0 Å². The van der Waals surface area contributed by atoms with Crippen molar-refractivity contribution < 1.29 is 13.2 Å². The first-order chi connectivity index (χ1) is 11.9. The van der Waals surface area contributed by atoms with Gasteiger partial charge in [0.1, 0.15) is 21.5 Å². The second-order valence-corrected chi connectivity index (χ2v) is 7.23. The number of pyridine rings is 2. The summed E-state index contributed by atoms with van der Waals surface area (Å²) in [6, 6.07) is 12.5. The molecule has 9 heteroatoms. The van der Waals surface area contributed by atoms with Crippen molar-refractivity contribution in [3.05, 3.63) is 71.2 Å². The number of anilines is 1. The third-order valence-electron chi connectivity index (χ3n) is 3.06. The van der Waals surface area contributed by atoms with Crippen LogP contribution in [-0.4, -0.2) is 18.4 Å². The molecule has 128 valence electrons. The van der Waals surface area contributed by atoms with Crippen molar-refractivity contribution in [3.63, 3.8) is 0 Å². The Bertz CT molecular complexity index is 981. The Balaban J connectivity index is 1.76. The molecule has 1 aromatic carbocycles. The van der Waals surface area contributed by atoms with Gasteiger partial charge in [0.15, 0.2) is 5.15 Å². The molecule has 0 saturated heterocycles. The van der Waals surface area contributed by atoms with Gasteiger partial charge in [0.25, 0.3) is 10.0 Å². The van der Waals surface area contributed by atoms with Crippen LogP contribution in [0.1, 0.15) is 0 Å². The summed E-state index contributed by atoms with van der Waals surface area (Å²) in [4.78, 5) is 7.47. The molecule has 3 rings (SSSR count). The van der Waals surface area contributed by atoms with Crippen LogP contribution in [0, 0.1) is 0 Å². The highest BCUT2D eigenvalue weighted by Gasteiger charge is 2.19. The van der Waals surface area contributed by atoms with Gasteiger partial charge in [-0.3, -0.25) is 9.71 Å². The number of ether oxygens (including phenoxy) is 1. The van der Waals surface area contributed by atoms with Crippen LogP contribution in [0.5, 0.6) is 11.5 Å². The van der Waals surface area contributed by atoms with Gasteiger partial charge < -0.3 is 4.74 Å². The van der Waals surface area contributed by atoms with Gasteiger partial charge in [-0.05, 0) is 48.5 Å². The van der Waals surface area contributed by atoms with Crippen LogP contribution >= 0.6 is 23.2 Å². The Kier molecular flexibility index (Phi) is 5.08. The third-order valence-corrected chi connectivity index (χ3v) is 5.09. The van der Waals surface area contributed by atoms with E-state index in [0.29, 0.717) is 17.2 Å². The predicted molar refractivity (Wildman–Crippen MR) is 95.8 cm³/mol. The number of sulfonamides is 1. The lowest BCUT2D eigenvalue weighted by molar-refractivity contribution is 0.482. The van der Waals surface area contributed by atoms with E-state index in [1.807, 2.05) is 0 Å². The number of hydrogen-bond acceptors (Lipinski definition) is 5. The molecule has 0 aliphatic heterocycles. The number of rotatable bonds is 5. The van der Waals surface area contributed by atoms with Gasteiger partial charge in [-0.25, -0.2) is 13.4 Å². The lowest BCUT2D eigenvalue weighted by Crippen LogP contribution is -2.13. The van der Waals surface area contributed by atoms with E-state index in [1.54, 1.807) is 48.8 Å². The topological polar surface area (TPSA) is 81.2 Å². The molecular weight excluding hydrogens is 385 g/mol. The molecule has 2 heterocycles. The summed E-state index contributed by atoms with van der Waals surface area (Å²) in [6.07, 6.45) is 3.23. The van der Waals surface area contributed by atoms with E-state index in [2.05, 4.69) is 14.7 Å². The number of nitrogens with one attached hydrogen (secondary N) is 1. The summed E-state index contributed by atoms with van der Waals surface area (Å²) in [7, 11) is -3.88. The molecule has 0 radical (unpaired) electrons. The molecule has 0 spiro atoms. The van der Waals surface area contributed by atoms with Crippen LogP contribution in [-0.2, 0) is 10.0 Å². The number of halogens is 2. The zero-order chi connectivity index (χ0) is 17.9. The lowest BCUT2D eigenvalue weighted by atomic mass is 10.3. The molecule has 3 aromatic rings. The molecule has 0 atom stereocenters. The zero-order valence-electron chi connectivity index (χ0n) is 12.6. The molecular formula is C16H11Cl2N3O3S. The number of benzene rings is 1. The van der Waals surface area contributed by atoms with Crippen molar-refractivity contribution in [1.29, 1.82) is 0 Å². The quantitative estimate of drug-likeness (QED) is 0.648. The Hall–Kier alpha value is -2.35. The van der Waals surface area contributed by atoms with Crippen LogP contribution in [0.2, 0.25) is 10.3 Å². The molecule has 0 unspecified atom stereocenters. The molecule has 0 fully saturated rings. The maximum absolute atomic E-state index is 12.4. The Morgan fingerprint density at radius 3 is 2.16 bits per heavy atom. The van der Waals surface area contributed by atoms with Gasteiger partial charge in [-0.1, -0.05) is 23.2 Å². The number of nitrogens with zero attached hydrogens (tertiary/aromatic N) is 2. The molecule has 0 aliphatic carbocycles. The SMILES string of the molecule is O=S(=O)(Nc1ccc(Oc2ccncc2)cc1)c1ccc(Cl)nc1Cl. The minimum absolute atomic E-state index is 0.113. The highest BCUT2D eigenvalue weighted by atomic mass is 35.5. The first-order valence-corrected chi connectivity index (χ1v) is 9.21. The molecule has 25 heavy (non-hydrogen) atoms. The lowest BCUT2D eigenvalue weighted by Gasteiger charge is -2.10. The van der Waals surface area contributed by atoms with Gasteiger partial charge in [0, 0.05) is 18.1 Å². The monoisotopic (exact) mass is 395 g/mol. The third kappa shape index (κ3) is 4.39. The second-order valence-electron chi connectivity index (χ2n) is 4.84. The molecule has 0 saturated carbocycles. The van der Waals surface area contributed by atoms with Crippen molar-refractivity contribution >= 4 is 38.9 Å². The van der Waals surface area contributed by atoms with Crippen LogP contribution in [0.25, 0.3) is 0 Å². The first-order valence-electron chi connectivity index (χ1n) is 6.97. The fourth-order valence-electron chi connectivity index (χ4n) is 1.94. The highest BCUT2D eigenvalue weighted by Crippen LogP contribution is 2.26. The van der Waals surface area contributed by atoms with E-state index in [9.17, 15) is 8.42 Å². The fraction of sp³-hybridized carbons (Fsp3) is 0. The second kappa shape index (κ2) is 7.26. The molecule has 0 aliphatic rings. The molecule has 2 aromatic heterocycles. The van der Waals surface area contributed by atoms with E-state index in [4.69, 9.17) is 27.9 Å². The first kappa shape index (κ1) is 17.5. The number of hydrogen-bond donors (Lipinski definition) is 1. The van der Waals surface area contributed by atoms with E-state index >= 15 is 0 Å². The highest BCUT2D eigenvalue weighted by molar-refractivity contribution is 7.92. The maximum atomic E-state index is 12.4. The fourth-order valence-corrected chi connectivity index (χ4v) is 3.66. The Labute approximate surface area is 154 Å². The molecule has 6 nitrogen and oxygen atoms in total. The van der Waals surface area contributed by atoms with Crippen molar-refractivity contribution in [2.24, 2.45) is 0 Å². The van der Waals surface area contributed by atoms with Gasteiger partial charge in [0.05, 0.1) is 0 Å². The van der Waals surface area contributed by atoms with Crippen LogP contribution < -0.4 is 9.46 Å². The average molecular weight is 396 g/mol. The van der Waals surface area contributed by atoms with Crippen molar-refractivity contribution in [2.75, 3.05) is 4.72 Å². The summed E-state index contributed by atoms with van der Waals surface area (Å²) in [6.45, 7) is 0. The smallest absolute Gasteiger partial charge is 0.264 e. The van der Waals surface area contributed by atoms with E-state index in [0.717, 1.165) is 0 Å².